The van der Waals surface area contributed by atoms with Gasteiger partial charge in [-0.3, -0.25) is 14.4 Å². The number of ether oxygens (including phenoxy) is 3. The van der Waals surface area contributed by atoms with Gasteiger partial charge in [0.05, 0.1) is 0 Å². The first-order valence-electron chi connectivity index (χ1n) is 31.3. The highest BCUT2D eigenvalue weighted by molar-refractivity contribution is 5.71. The number of carbonyl (C=O) groups is 3. The molecule has 0 spiro atoms. The first-order valence-corrected chi connectivity index (χ1v) is 31.3. The maximum absolute atomic E-state index is 12.9. The summed E-state index contributed by atoms with van der Waals surface area (Å²) in [6.45, 7) is 6.56. The van der Waals surface area contributed by atoms with Crippen LogP contribution in [0.25, 0.3) is 0 Å². The number of allylic oxidation sites excluding steroid dienone is 10. The van der Waals surface area contributed by atoms with Gasteiger partial charge >= 0.3 is 17.9 Å². The van der Waals surface area contributed by atoms with E-state index in [0.717, 1.165) is 96.3 Å². The highest BCUT2D eigenvalue weighted by Gasteiger charge is 2.19. The molecular weight excluding hydrogens is 889 g/mol. The molecule has 0 N–H and O–H groups in total. The van der Waals surface area contributed by atoms with Gasteiger partial charge in [0.15, 0.2) is 6.10 Å². The van der Waals surface area contributed by atoms with Crippen molar-refractivity contribution in [1.29, 1.82) is 0 Å². The molecule has 6 nitrogen and oxygen atoms in total. The van der Waals surface area contributed by atoms with Crippen molar-refractivity contribution in [3.63, 3.8) is 0 Å². The zero-order valence-corrected chi connectivity index (χ0v) is 47.9. The Morgan fingerprint density at radius 1 is 0.292 bits per heavy atom. The molecule has 0 aliphatic carbocycles. The van der Waals surface area contributed by atoms with Crippen molar-refractivity contribution < 1.29 is 28.6 Å². The van der Waals surface area contributed by atoms with Crippen LogP contribution in [-0.2, 0) is 28.6 Å². The van der Waals surface area contributed by atoms with Crippen molar-refractivity contribution in [3.05, 3.63) is 60.8 Å². The monoisotopic (exact) mass is 1010 g/mol. The van der Waals surface area contributed by atoms with Gasteiger partial charge in [0.2, 0.25) is 0 Å². The van der Waals surface area contributed by atoms with E-state index in [-0.39, 0.29) is 31.1 Å². The summed E-state index contributed by atoms with van der Waals surface area (Å²) in [6, 6.07) is 0. The van der Waals surface area contributed by atoms with Crippen molar-refractivity contribution in [1.82, 2.24) is 0 Å². The molecule has 0 aromatic carbocycles. The maximum atomic E-state index is 12.9. The third-order valence-electron chi connectivity index (χ3n) is 13.8. The summed E-state index contributed by atoms with van der Waals surface area (Å²) >= 11 is 0. The average Bonchev–Trinajstić information content (AvgIpc) is 3.38. The third-order valence-corrected chi connectivity index (χ3v) is 13.8. The zero-order valence-electron chi connectivity index (χ0n) is 47.9. The van der Waals surface area contributed by atoms with Crippen molar-refractivity contribution >= 4 is 17.9 Å². The molecule has 0 saturated carbocycles. The predicted molar refractivity (Wildman–Crippen MR) is 312 cm³/mol. The molecule has 0 radical (unpaired) electrons. The minimum atomic E-state index is -0.776. The van der Waals surface area contributed by atoms with E-state index in [1.165, 1.54) is 186 Å². The van der Waals surface area contributed by atoms with Crippen LogP contribution in [0.2, 0.25) is 0 Å². The molecule has 0 bridgehead atoms. The van der Waals surface area contributed by atoms with Crippen LogP contribution in [0.4, 0.5) is 0 Å². The van der Waals surface area contributed by atoms with E-state index in [1.807, 2.05) is 0 Å². The van der Waals surface area contributed by atoms with Crippen molar-refractivity contribution in [2.45, 2.75) is 329 Å². The molecule has 0 saturated heterocycles. The van der Waals surface area contributed by atoms with Crippen LogP contribution < -0.4 is 0 Å². The third kappa shape index (κ3) is 58.0. The summed E-state index contributed by atoms with van der Waals surface area (Å²) in [7, 11) is 0. The number of hydrogen-bond donors (Lipinski definition) is 0. The van der Waals surface area contributed by atoms with E-state index >= 15 is 0 Å². The Hall–Kier alpha value is -2.89. The van der Waals surface area contributed by atoms with Crippen LogP contribution in [0, 0.1) is 0 Å². The minimum Gasteiger partial charge on any atom is -0.462 e. The van der Waals surface area contributed by atoms with Gasteiger partial charge < -0.3 is 14.2 Å². The number of rotatable bonds is 57. The van der Waals surface area contributed by atoms with E-state index in [1.54, 1.807) is 0 Å². The Bertz CT molecular complexity index is 1290. The molecule has 0 aromatic heterocycles. The molecule has 0 heterocycles. The van der Waals surface area contributed by atoms with Crippen LogP contribution in [0.3, 0.4) is 0 Å². The Kier molecular flexibility index (Phi) is 58.2. The van der Waals surface area contributed by atoms with Crippen LogP contribution in [0.1, 0.15) is 323 Å². The van der Waals surface area contributed by atoms with E-state index < -0.39 is 6.10 Å². The van der Waals surface area contributed by atoms with Gasteiger partial charge in [0.25, 0.3) is 0 Å². The van der Waals surface area contributed by atoms with Gasteiger partial charge in [-0.25, -0.2) is 0 Å². The van der Waals surface area contributed by atoms with Gasteiger partial charge in [0, 0.05) is 19.3 Å². The van der Waals surface area contributed by atoms with Crippen LogP contribution in [0.15, 0.2) is 60.8 Å². The molecular formula is C66H118O6. The van der Waals surface area contributed by atoms with Crippen molar-refractivity contribution in [2.75, 3.05) is 13.2 Å². The SMILES string of the molecule is CC/C=C\C/C=C\C/C=C\C/C=C\C/C=C\CCCCCCCCCC(=O)OCC(COC(=O)CCCCCCCCCCCCCCC)OC(=O)CCCCCCCCCCCCCCCCCCCC. The summed E-state index contributed by atoms with van der Waals surface area (Å²) in [5.41, 5.74) is 0. The van der Waals surface area contributed by atoms with Gasteiger partial charge in [-0.2, -0.15) is 0 Å². The van der Waals surface area contributed by atoms with Gasteiger partial charge in [-0.15, -0.1) is 0 Å². The fourth-order valence-electron chi connectivity index (χ4n) is 9.12. The average molecular weight is 1010 g/mol. The standard InChI is InChI=1S/C66H118O6/c1-4-7-10-13-16-19-22-25-27-29-31-32-33-34-35-37-38-41-44-47-50-53-56-59-65(68)71-62-63(61-70-64(67)58-55-52-49-46-43-40-24-21-18-15-12-9-6-3)72-66(69)60-57-54-51-48-45-42-39-36-30-28-26-23-20-17-14-11-8-5-2/h7,10,16,19,25,27,31-32,34-35,63H,4-6,8-9,11-15,17-18,20-24,26,28-30,33,36-62H2,1-3H3/b10-7-,19-16-,27-25-,32-31-,35-34-. The highest BCUT2D eigenvalue weighted by atomic mass is 16.6. The summed E-state index contributed by atoms with van der Waals surface area (Å²) in [4.78, 5) is 38.3. The second-order valence-electron chi connectivity index (χ2n) is 21.0. The maximum Gasteiger partial charge on any atom is 0.306 e. The summed E-state index contributed by atoms with van der Waals surface area (Å²) < 4.78 is 16.9. The fourth-order valence-corrected chi connectivity index (χ4v) is 9.12. The number of esters is 3. The summed E-state index contributed by atoms with van der Waals surface area (Å²) in [5.74, 6) is -0.865. The topological polar surface area (TPSA) is 78.9 Å². The lowest BCUT2D eigenvalue weighted by molar-refractivity contribution is -0.167. The van der Waals surface area contributed by atoms with Crippen LogP contribution >= 0.6 is 0 Å². The Morgan fingerprint density at radius 2 is 0.542 bits per heavy atom. The first-order chi connectivity index (χ1) is 35.5. The molecule has 72 heavy (non-hydrogen) atoms. The second-order valence-corrected chi connectivity index (χ2v) is 21.0. The lowest BCUT2D eigenvalue weighted by Gasteiger charge is -2.18. The molecule has 1 unspecified atom stereocenters. The molecule has 0 aliphatic heterocycles. The normalized spacial score (nSPS) is 12.4. The van der Waals surface area contributed by atoms with Crippen molar-refractivity contribution in [2.24, 2.45) is 0 Å². The minimum absolute atomic E-state index is 0.0729. The summed E-state index contributed by atoms with van der Waals surface area (Å²) in [5, 5.41) is 0. The number of unbranched alkanes of at least 4 members (excludes halogenated alkanes) is 36. The lowest BCUT2D eigenvalue weighted by Crippen LogP contribution is -2.30. The molecule has 1 atom stereocenters. The van der Waals surface area contributed by atoms with Crippen LogP contribution in [-0.4, -0.2) is 37.2 Å². The Labute approximate surface area is 447 Å². The largest absolute Gasteiger partial charge is 0.462 e. The van der Waals surface area contributed by atoms with Gasteiger partial charge in [-0.05, 0) is 64.2 Å². The Morgan fingerprint density at radius 3 is 0.847 bits per heavy atom. The molecule has 418 valence electrons. The van der Waals surface area contributed by atoms with E-state index in [2.05, 4.69) is 81.5 Å². The Balaban J connectivity index is 4.33. The van der Waals surface area contributed by atoms with Crippen LogP contribution in [0.5, 0.6) is 0 Å². The van der Waals surface area contributed by atoms with E-state index in [4.69, 9.17) is 14.2 Å². The zero-order chi connectivity index (χ0) is 52.2. The molecule has 0 aromatic rings. The smallest absolute Gasteiger partial charge is 0.306 e. The molecule has 0 rings (SSSR count). The number of carbonyl (C=O) groups excluding carboxylic acids is 3. The number of hydrogen-bond acceptors (Lipinski definition) is 6. The molecule has 0 amide bonds. The van der Waals surface area contributed by atoms with E-state index in [9.17, 15) is 14.4 Å². The second kappa shape index (κ2) is 60.7. The molecule has 6 heteroatoms. The quantitative estimate of drug-likeness (QED) is 0.0261. The highest BCUT2D eigenvalue weighted by Crippen LogP contribution is 2.17. The van der Waals surface area contributed by atoms with Crippen molar-refractivity contribution in [3.8, 4) is 0 Å². The predicted octanol–water partition coefficient (Wildman–Crippen LogP) is 21.2. The van der Waals surface area contributed by atoms with Gasteiger partial charge in [-0.1, -0.05) is 300 Å². The van der Waals surface area contributed by atoms with E-state index in [0.29, 0.717) is 19.3 Å². The summed E-state index contributed by atoms with van der Waals surface area (Å²) in [6.07, 6.45) is 76.4. The lowest BCUT2D eigenvalue weighted by atomic mass is 10.0. The molecule has 0 fully saturated rings. The first kappa shape index (κ1) is 69.1. The fraction of sp³-hybridized carbons (Fsp3) is 0.803. The molecule has 0 aliphatic rings. The van der Waals surface area contributed by atoms with Gasteiger partial charge in [0.1, 0.15) is 13.2 Å².